The molecule has 0 amide bonds. The van der Waals surface area contributed by atoms with Crippen LogP contribution in [0, 0.1) is 0 Å². The van der Waals surface area contributed by atoms with Crippen molar-refractivity contribution in [2.75, 3.05) is 0 Å². The lowest BCUT2D eigenvalue weighted by Crippen LogP contribution is -2.17. The first kappa shape index (κ1) is 11.8. The van der Waals surface area contributed by atoms with E-state index in [1.165, 1.54) is 5.56 Å². The molecule has 2 heteroatoms. The maximum atomic E-state index is 4.48. The molecule has 0 N–H and O–H groups in total. The summed E-state index contributed by atoms with van der Waals surface area (Å²) in [6.45, 7) is 6.52. The van der Waals surface area contributed by atoms with Crippen molar-refractivity contribution < 1.29 is 0 Å². The van der Waals surface area contributed by atoms with Crippen molar-refractivity contribution in [3.05, 3.63) is 59.7 Å². The maximum Gasteiger partial charge on any atom is 0.0675 e. The zero-order chi connectivity index (χ0) is 12.3. The summed E-state index contributed by atoms with van der Waals surface area (Å²) in [6, 6.07) is 10.4. The normalized spacial score (nSPS) is 11.5. The van der Waals surface area contributed by atoms with Gasteiger partial charge < -0.3 is 0 Å². The molecule has 0 bridgehead atoms. The molecule has 2 nitrogen and oxygen atoms in total. The molecule has 1 heterocycles. The number of rotatable bonds is 2. The highest BCUT2D eigenvalue weighted by Gasteiger charge is 2.20. The van der Waals surface area contributed by atoms with Gasteiger partial charge in [0.25, 0.3) is 0 Å². The van der Waals surface area contributed by atoms with Gasteiger partial charge in [0.2, 0.25) is 0 Å². The fourth-order valence-electron chi connectivity index (χ4n) is 1.91. The summed E-state index contributed by atoms with van der Waals surface area (Å²) in [6.07, 6.45) is 4.39. The SMILES string of the molecule is CC(C)(C)c1nccnc1Cc1ccccc1. The quantitative estimate of drug-likeness (QED) is 0.784. The highest BCUT2D eigenvalue weighted by atomic mass is 14.8. The summed E-state index contributed by atoms with van der Waals surface area (Å²) in [5.41, 5.74) is 3.48. The lowest BCUT2D eigenvalue weighted by molar-refractivity contribution is 0.557. The summed E-state index contributed by atoms with van der Waals surface area (Å²) < 4.78 is 0. The van der Waals surface area contributed by atoms with Gasteiger partial charge in [-0.25, -0.2) is 0 Å². The van der Waals surface area contributed by atoms with Crippen molar-refractivity contribution >= 4 is 0 Å². The standard InChI is InChI=1S/C15H18N2/c1-15(2,3)14-13(16-9-10-17-14)11-12-7-5-4-6-8-12/h4-10H,11H2,1-3H3. The van der Waals surface area contributed by atoms with Crippen LogP contribution in [0.15, 0.2) is 42.7 Å². The van der Waals surface area contributed by atoms with Gasteiger partial charge in [0.1, 0.15) is 0 Å². The van der Waals surface area contributed by atoms with Crippen LogP contribution in [0.1, 0.15) is 37.7 Å². The average Bonchev–Trinajstić information content (AvgIpc) is 2.30. The van der Waals surface area contributed by atoms with E-state index in [4.69, 9.17) is 0 Å². The average molecular weight is 226 g/mol. The third kappa shape index (κ3) is 2.90. The molecule has 0 fully saturated rings. The van der Waals surface area contributed by atoms with E-state index in [0.29, 0.717) is 0 Å². The molecule has 0 aliphatic carbocycles. The highest BCUT2D eigenvalue weighted by molar-refractivity contribution is 5.27. The van der Waals surface area contributed by atoms with Gasteiger partial charge >= 0.3 is 0 Å². The summed E-state index contributed by atoms with van der Waals surface area (Å²) in [4.78, 5) is 8.96. The number of hydrogen-bond donors (Lipinski definition) is 0. The van der Waals surface area contributed by atoms with Crippen LogP contribution in [-0.2, 0) is 11.8 Å². The van der Waals surface area contributed by atoms with Crippen LogP contribution >= 0.6 is 0 Å². The van der Waals surface area contributed by atoms with Crippen molar-refractivity contribution in [1.29, 1.82) is 0 Å². The zero-order valence-corrected chi connectivity index (χ0v) is 10.6. The van der Waals surface area contributed by atoms with Crippen LogP contribution < -0.4 is 0 Å². The second-order valence-electron chi connectivity index (χ2n) is 5.26. The van der Waals surface area contributed by atoms with Crippen LogP contribution in [-0.4, -0.2) is 9.97 Å². The van der Waals surface area contributed by atoms with Crippen LogP contribution in [0.5, 0.6) is 0 Å². The topological polar surface area (TPSA) is 25.8 Å². The Balaban J connectivity index is 2.34. The molecule has 0 aliphatic rings. The van der Waals surface area contributed by atoms with E-state index >= 15 is 0 Å². The Bertz CT molecular complexity index is 484. The highest BCUT2D eigenvalue weighted by Crippen LogP contribution is 2.23. The molecule has 0 aliphatic heterocycles. The van der Waals surface area contributed by atoms with Gasteiger partial charge in [0, 0.05) is 24.2 Å². The molecule has 0 atom stereocenters. The third-order valence-electron chi connectivity index (χ3n) is 2.70. The molecule has 0 saturated heterocycles. The van der Waals surface area contributed by atoms with Crippen LogP contribution in [0.25, 0.3) is 0 Å². The molecule has 88 valence electrons. The molecule has 17 heavy (non-hydrogen) atoms. The van der Waals surface area contributed by atoms with Gasteiger partial charge in [-0.2, -0.15) is 0 Å². The lowest BCUT2D eigenvalue weighted by atomic mass is 9.89. The molecule has 0 radical (unpaired) electrons. The van der Waals surface area contributed by atoms with E-state index in [1.54, 1.807) is 12.4 Å². The van der Waals surface area contributed by atoms with Crippen LogP contribution in [0.4, 0.5) is 0 Å². The Morgan fingerprint density at radius 1 is 0.941 bits per heavy atom. The first-order valence-corrected chi connectivity index (χ1v) is 5.91. The fraction of sp³-hybridized carbons (Fsp3) is 0.333. The van der Waals surface area contributed by atoms with Gasteiger partial charge in [-0.05, 0) is 5.56 Å². The molecular weight excluding hydrogens is 208 g/mol. The van der Waals surface area contributed by atoms with Gasteiger partial charge in [0.15, 0.2) is 0 Å². The molecule has 2 rings (SSSR count). The minimum absolute atomic E-state index is 0.0401. The van der Waals surface area contributed by atoms with Crippen molar-refractivity contribution in [3.63, 3.8) is 0 Å². The van der Waals surface area contributed by atoms with Crippen molar-refractivity contribution in [2.24, 2.45) is 0 Å². The minimum Gasteiger partial charge on any atom is -0.257 e. The number of hydrogen-bond acceptors (Lipinski definition) is 2. The van der Waals surface area contributed by atoms with Crippen molar-refractivity contribution in [3.8, 4) is 0 Å². The Labute approximate surface area is 103 Å². The predicted octanol–water partition coefficient (Wildman–Crippen LogP) is 3.36. The fourth-order valence-corrected chi connectivity index (χ4v) is 1.91. The van der Waals surface area contributed by atoms with E-state index in [-0.39, 0.29) is 5.41 Å². The van der Waals surface area contributed by atoms with Crippen LogP contribution in [0.3, 0.4) is 0 Å². The Morgan fingerprint density at radius 2 is 1.59 bits per heavy atom. The van der Waals surface area contributed by atoms with Crippen LogP contribution in [0.2, 0.25) is 0 Å². The largest absolute Gasteiger partial charge is 0.257 e. The summed E-state index contributed by atoms with van der Waals surface area (Å²) >= 11 is 0. The lowest BCUT2D eigenvalue weighted by Gasteiger charge is -2.20. The minimum atomic E-state index is 0.0401. The molecule has 1 aromatic heterocycles. The Morgan fingerprint density at radius 3 is 2.24 bits per heavy atom. The molecule has 0 saturated carbocycles. The third-order valence-corrected chi connectivity index (χ3v) is 2.70. The molecular formula is C15H18N2. The Hall–Kier alpha value is -1.70. The Kier molecular flexibility index (Phi) is 3.23. The maximum absolute atomic E-state index is 4.48. The second kappa shape index (κ2) is 4.66. The molecule has 1 aromatic carbocycles. The predicted molar refractivity (Wildman–Crippen MR) is 70.0 cm³/mol. The van der Waals surface area contributed by atoms with E-state index in [1.807, 2.05) is 6.07 Å². The van der Waals surface area contributed by atoms with Crippen molar-refractivity contribution in [2.45, 2.75) is 32.6 Å². The van der Waals surface area contributed by atoms with Gasteiger partial charge in [-0.3, -0.25) is 9.97 Å². The number of nitrogens with zero attached hydrogens (tertiary/aromatic N) is 2. The molecule has 0 spiro atoms. The summed E-state index contributed by atoms with van der Waals surface area (Å²) in [5, 5.41) is 0. The van der Waals surface area contributed by atoms with E-state index < -0.39 is 0 Å². The molecule has 0 unspecified atom stereocenters. The van der Waals surface area contributed by atoms with E-state index in [9.17, 15) is 0 Å². The number of benzene rings is 1. The molecule has 2 aromatic rings. The van der Waals surface area contributed by atoms with Gasteiger partial charge in [-0.1, -0.05) is 51.1 Å². The summed E-state index contributed by atoms with van der Waals surface area (Å²) in [5.74, 6) is 0. The smallest absolute Gasteiger partial charge is 0.0675 e. The summed E-state index contributed by atoms with van der Waals surface area (Å²) in [7, 11) is 0. The van der Waals surface area contributed by atoms with E-state index in [0.717, 1.165) is 17.8 Å². The first-order valence-electron chi connectivity index (χ1n) is 5.91. The van der Waals surface area contributed by atoms with Gasteiger partial charge in [-0.15, -0.1) is 0 Å². The van der Waals surface area contributed by atoms with Crippen molar-refractivity contribution in [1.82, 2.24) is 9.97 Å². The second-order valence-corrected chi connectivity index (χ2v) is 5.26. The monoisotopic (exact) mass is 226 g/mol. The number of aromatic nitrogens is 2. The first-order chi connectivity index (χ1) is 8.07. The van der Waals surface area contributed by atoms with E-state index in [2.05, 4.69) is 55.0 Å². The zero-order valence-electron chi connectivity index (χ0n) is 10.6. The van der Waals surface area contributed by atoms with Gasteiger partial charge in [0.05, 0.1) is 11.4 Å².